The van der Waals surface area contributed by atoms with Crippen LogP contribution >= 0.6 is 7.14 Å². The van der Waals surface area contributed by atoms with E-state index in [1.807, 2.05) is 35.2 Å². The topological polar surface area (TPSA) is 37.4 Å². The van der Waals surface area contributed by atoms with E-state index in [0.29, 0.717) is 11.8 Å². The maximum atomic E-state index is 14.2. The summed E-state index contributed by atoms with van der Waals surface area (Å²) >= 11 is 0. The first-order chi connectivity index (χ1) is 13.2. The second kappa shape index (κ2) is 12.5. The SMILES string of the molecule is CCCCCCC(C)P(=O)(CC(=O)N(CC(C)C)CC(C)C)c1ccccc1. The summed E-state index contributed by atoms with van der Waals surface area (Å²) in [6, 6.07) is 9.73. The van der Waals surface area contributed by atoms with Crippen molar-refractivity contribution in [2.75, 3.05) is 19.3 Å². The van der Waals surface area contributed by atoms with E-state index < -0.39 is 7.14 Å². The largest absolute Gasteiger partial charge is 0.342 e. The molecule has 1 aromatic rings. The zero-order valence-electron chi connectivity index (χ0n) is 19.0. The van der Waals surface area contributed by atoms with Crippen molar-refractivity contribution in [1.82, 2.24) is 4.90 Å². The number of carbonyl (C=O) groups is 1. The van der Waals surface area contributed by atoms with Crippen molar-refractivity contribution in [1.29, 1.82) is 0 Å². The molecule has 4 heteroatoms. The van der Waals surface area contributed by atoms with Gasteiger partial charge >= 0.3 is 0 Å². The lowest BCUT2D eigenvalue weighted by atomic mass is 10.1. The molecule has 3 nitrogen and oxygen atoms in total. The lowest BCUT2D eigenvalue weighted by Crippen LogP contribution is -2.40. The van der Waals surface area contributed by atoms with E-state index >= 15 is 0 Å². The van der Waals surface area contributed by atoms with Crippen LogP contribution in [0.5, 0.6) is 0 Å². The number of hydrogen-bond donors (Lipinski definition) is 0. The van der Waals surface area contributed by atoms with Crippen molar-refractivity contribution >= 4 is 18.4 Å². The molecule has 28 heavy (non-hydrogen) atoms. The molecule has 0 aliphatic rings. The van der Waals surface area contributed by atoms with Gasteiger partial charge in [0.1, 0.15) is 7.14 Å². The Morgan fingerprint density at radius 3 is 2.00 bits per heavy atom. The average Bonchev–Trinajstić information content (AvgIpc) is 2.64. The van der Waals surface area contributed by atoms with Crippen molar-refractivity contribution in [3.8, 4) is 0 Å². The van der Waals surface area contributed by atoms with E-state index in [0.717, 1.165) is 31.2 Å². The van der Waals surface area contributed by atoms with Gasteiger partial charge in [-0.3, -0.25) is 4.79 Å². The van der Waals surface area contributed by atoms with Crippen LogP contribution in [-0.2, 0) is 9.36 Å². The molecular weight excluding hydrogens is 365 g/mol. The molecule has 0 N–H and O–H groups in total. The molecule has 1 amide bonds. The van der Waals surface area contributed by atoms with Gasteiger partial charge in [0.2, 0.25) is 5.91 Å². The number of hydrogen-bond acceptors (Lipinski definition) is 2. The molecule has 0 aliphatic carbocycles. The molecule has 2 atom stereocenters. The van der Waals surface area contributed by atoms with Gasteiger partial charge in [0.05, 0.1) is 6.16 Å². The number of unbranched alkanes of at least 4 members (excludes halogenated alkanes) is 3. The highest BCUT2D eigenvalue weighted by atomic mass is 31.2. The maximum Gasteiger partial charge on any atom is 0.230 e. The van der Waals surface area contributed by atoms with Crippen molar-refractivity contribution in [2.24, 2.45) is 11.8 Å². The van der Waals surface area contributed by atoms with E-state index in [-0.39, 0.29) is 17.7 Å². The number of rotatable bonds is 13. The molecular formula is C24H42NO2P. The fraction of sp³-hybridized carbons (Fsp3) is 0.708. The Morgan fingerprint density at radius 1 is 0.929 bits per heavy atom. The normalized spacial score (nSPS) is 14.9. The quantitative estimate of drug-likeness (QED) is 0.289. The van der Waals surface area contributed by atoms with Gasteiger partial charge in [0.25, 0.3) is 0 Å². The molecule has 0 radical (unpaired) electrons. The molecule has 0 saturated carbocycles. The molecule has 1 aromatic carbocycles. The van der Waals surface area contributed by atoms with Crippen molar-refractivity contribution in [2.45, 2.75) is 79.3 Å². The van der Waals surface area contributed by atoms with E-state index in [1.165, 1.54) is 19.3 Å². The van der Waals surface area contributed by atoms with E-state index in [2.05, 4.69) is 41.5 Å². The maximum absolute atomic E-state index is 14.2. The van der Waals surface area contributed by atoms with Crippen LogP contribution in [0.15, 0.2) is 30.3 Å². The molecule has 0 spiro atoms. The molecule has 0 bridgehead atoms. The Bertz CT molecular complexity index is 602. The summed E-state index contributed by atoms with van der Waals surface area (Å²) in [6.45, 7) is 14.3. The molecule has 0 saturated heterocycles. The number of amides is 1. The lowest BCUT2D eigenvalue weighted by Gasteiger charge is -2.31. The summed E-state index contributed by atoms with van der Waals surface area (Å²) in [7, 11) is -2.80. The summed E-state index contributed by atoms with van der Waals surface area (Å²) in [5.74, 6) is 0.866. The number of nitrogens with zero attached hydrogens (tertiary/aromatic N) is 1. The lowest BCUT2D eigenvalue weighted by molar-refractivity contribution is -0.129. The van der Waals surface area contributed by atoms with Crippen molar-refractivity contribution < 1.29 is 9.36 Å². The van der Waals surface area contributed by atoms with Gasteiger partial charge in [-0.05, 0) is 18.3 Å². The van der Waals surface area contributed by atoms with E-state index in [4.69, 9.17) is 0 Å². The van der Waals surface area contributed by atoms with Crippen molar-refractivity contribution in [3.05, 3.63) is 30.3 Å². The van der Waals surface area contributed by atoms with Crippen molar-refractivity contribution in [3.63, 3.8) is 0 Å². The second-order valence-electron chi connectivity index (χ2n) is 9.07. The number of benzene rings is 1. The Hall–Kier alpha value is -1.08. The predicted octanol–water partition coefficient (Wildman–Crippen LogP) is 6.17. The minimum atomic E-state index is -2.80. The summed E-state index contributed by atoms with van der Waals surface area (Å²) < 4.78 is 14.2. The summed E-state index contributed by atoms with van der Waals surface area (Å²) in [4.78, 5) is 15.2. The van der Waals surface area contributed by atoms with Gasteiger partial charge in [-0.2, -0.15) is 0 Å². The standard InChI is InChI=1S/C24H42NO2P/c1-7-8-9-11-14-22(6)28(27,23-15-12-10-13-16-23)19-24(26)25(17-20(2)3)18-21(4)5/h10,12-13,15-16,20-22H,7-9,11,14,17-19H2,1-6H3. The molecule has 1 rings (SSSR count). The minimum absolute atomic E-state index is 0.0376. The van der Waals surface area contributed by atoms with Gasteiger partial charge in [-0.25, -0.2) is 0 Å². The third-order valence-electron chi connectivity index (χ3n) is 5.27. The third kappa shape index (κ3) is 8.11. The monoisotopic (exact) mass is 407 g/mol. The molecule has 160 valence electrons. The fourth-order valence-corrected chi connectivity index (χ4v) is 6.60. The fourth-order valence-electron chi connectivity index (χ4n) is 3.72. The Balaban J connectivity index is 3.04. The van der Waals surface area contributed by atoms with Crippen LogP contribution in [0, 0.1) is 11.8 Å². The Morgan fingerprint density at radius 2 is 1.50 bits per heavy atom. The first-order valence-electron chi connectivity index (χ1n) is 11.1. The molecule has 2 unspecified atom stereocenters. The Labute approximate surface area is 173 Å². The van der Waals surface area contributed by atoms with Crippen LogP contribution in [0.4, 0.5) is 0 Å². The van der Waals surface area contributed by atoms with E-state index in [9.17, 15) is 9.36 Å². The van der Waals surface area contributed by atoms with Crippen LogP contribution in [0.1, 0.15) is 73.6 Å². The van der Waals surface area contributed by atoms with Crippen LogP contribution in [0.3, 0.4) is 0 Å². The van der Waals surface area contributed by atoms with Gasteiger partial charge in [0.15, 0.2) is 0 Å². The summed E-state index contributed by atoms with van der Waals surface area (Å²) in [5.41, 5.74) is 0.0376. The summed E-state index contributed by atoms with van der Waals surface area (Å²) in [5, 5.41) is 0.861. The second-order valence-corrected chi connectivity index (χ2v) is 12.4. The third-order valence-corrected chi connectivity index (χ3v) is 8.87. The smallest absolute Gasteiger partial charge is 0.230 e. The average molecular weight is 408 g/mol. The summed E-state index contributed by atoms with van der Waals surface area (Å²) in [6.07, 6.45) is 5.76. The minimum Gasteiger partial charge on any atom is -0.342 e. The van der Waals surface area contributed by atoms with Gasteiger partial charge in [-0.15, -0.1) is 0 Å². The van der Waals surface area contributed by atoms with Gasteiger partial charge in [-0.1, -0.05) is 97.6 Å². The highest BCUT2D eigenvalue weighted by molar-refractivity contribution is 7.73. The molecule has 0 aliphatic heterocycles. The highest BCUT2D eigenvalue weighted by Gasteiger charge is 2.35. The van der Waals surface area contributed by atoms with Crippen LogP contribution in [0.2, 0.25) is 0 Å². The van der Waals surface area contributed by atoms with Gasteiger partial charge < -0.3 is 9.46 Å². The first-order valence-corrected chi connectivity index (χ1v) is 13.1. The van der Waals surface area contributed by atoms with Crippen LogP contribution < -0.4 is 5.30 Å². The predicted molar refractivity (Wildman–Crippen MR) is 123 cm³/mol. The zero-order chi connectivity index (χ0) is 21.2. The molecule has 0 aromatic heterocycles. The molecule has 0 heterocycles. The molecule has 0 fully saturated rings. The number of carbonyl (C=O) groups excluding carboxylic acids is 1. The van der Waals surface area contributed by atoms with Gasteiger partial charge in [0, 0.05) is 24.1 Å². The van der Waals surface area contributed by atoms with E-state index in [1.54, 1.807) is 0 Å². The van der Waals surface area contributed by atoms with Crippen LogP contribution in [-0.4, -0.2) is 35.7 Å². The zero-order valence-corrected chi connectivity index (χ0v) is 19.9. The van der Waals surface area contributed by atoms with Crippen LogP contribution in [0.25, 0.3) is 0 Å². The first kappa shape index (κ1) is 25.0. The highest BCUT2D eigenvalue weighted by Crippen LogP contribution is 2.51. The Kier molecular flexibility index (Phi) is 11.1.